The number of methoxy groups -OCH3 is 1. The third kappa shape index (κ3) is 2.36. The molecule has 0 spiro atoms. The van der Waals surface area contributed by atoms with Crippen LogP contribution in [-0.4, -0.2) is 17.9 Å². The molecule has 3 rings (SSSR count). The van der Waals surface area contributed by atoms with Crippen LogP contribution in [0.2, 0.25) is 5.02 Å². The molecule has 0 saturated heterocycles. The normalized spacial score (nSPS) is 10.6. The molecule has 0 fully saturated rings. The molecule has 2 aromatic carbocycles. The zero-order valence-corrected chi connectivity index (χ0v) is 12.1. The number of carbonyl (C=O) groups is 1. The number of hydrogen-bond acceptors (Lipinski definition) is 3. The summed E-state index contributed by atoms with van der Waals surface area (Å²) in [5.74, 6) is 0.492. The van der Waals surface area contributed by atoms with Crippen molar-refractivity contribution in [3.05, 3.63) is 70.9 Å². The maximum atomic E-state index is 12.5. The van der Waals surface area contributed by atoms with E-state index in [0.29, 0.717) is 32.8 Å². The predicted molar refractivity (Wildman–Crippen MR) is 83.2 cm³/mol. The number of benzene rings is 2. The Hall–Kier alpha value is -2.39. The van der Waals surface area contributed by atoms with Crippen molar-refractivity contribution in [2.75, 3.05) is 7.11 Å². The average Bonchev–Trinajstić information content (AvgIpc) is 2.55. The molecule has 3 nitrogen and oxygen atoms in total. The molecule has 1 heterocycles. The molecule has 0 N–H and O–H groups in total. The zero-order chi connectivity index (χ0) is 14.8. The largest absolute Gasteiger partial charge is 0.494 e. The Kier molecular flexibility index (Phi) is 3.59. The number of aromatic nitrogens is 1. The minimum Gasteiger partial charge on any atom is -0.494 e. The first-order valence-electron chi connectivity index (χ1n) is 6.43. The number of ether oxygens (including phenoxy) is 1. The quantitative estimate of drug-likeness (QED) is 0.682. The van der Waals surface area contributed by atoms with Crippen LogP contribution in [0.25, 0.3) is 10.9 Å². The predicted octanol–water partition coefficient (Wildman–Crippen LogP) is 4.13. The van der Waals surface area contributed by atoms with Crippen LogP contribution in [0.1, 0.15) is 15.9 Å². The molecule has 0 atom stereocenters. The molecule has 21 heavy (non-hydrogen) atoms. The lowest BCUT2D eigenvalue weighted by Crippen LogP contribution is -2.03. The lowest BCUT2D eigenvalue weighted by atomic mass is 10.0. The number of para-hydroxylation sites is 1. The molecule has 0 bridgehead atoms. The summed E-state index contributed by atoms with van der Waals surface area (Å²) in [6, 6.07) is 14.5. The number of halogens is 1. The second-order valence-corrected chi connectivity index (χ2v) is 4.92. The number of pyridine rings is 1. The monoisotopic (exact) mass is 297 g/mol. The molecule has 1 aromatic heterocycles. The van der Waals surface area contributed by atoms with Crippen LogP contribution in [0.4, 0.5) is 0 Å². The summed E-state index contributed by atoms with van der Waals surface area (Å²) in [5, 5.41) is 1.10. The molecule has 104 valence electrons. The summed E-state index contributed by atoms with van der Waals surface area (Å²) in [6.07, 6.45) is 1.50. The molecule has 0 saturated carbocycles. The molecule has 0 aliphatic rings. The van der Waals surface area contributed by atoms with Gasteiger partial charge in [0.1, 0.15) is 11.3 Å². The SMILES string of the molecule is COc1cccc2c(Cl)c(C(=O)c3ccccc3)cnc12. The number of carbonyl (C=O) groups excluding carboxylic acids is 1. The van der Waals surface area contributed by atoms with Crippen LogP contribution < -0.4 is 4.74 Å². The van der Waals surface area contributed by atoms with Crippen LogP contribution in [0.15, 0.2) is 54.7 Å². The van der Waals surface area contributed by atoms with E-state index in [1.54, 1.807) is 19.2 Å². The van der Waals surface area contributed by atoms with Gasteiger partial charge in [0.05, 0.1) is 17.7 Å². The number of ketones is 1. The zero-order valence-electron chi connectivity index (χ0n) is 11.3. The van der Waals surface area contributed by atoms with E-state index in [-0.39, 0.29) is 5.78 Å². The van der Waals surface area contributed by atoms with Gasteiger partial charge in [0.15, 0.2) is 5.78 Å². The maximum absolute atomic E-state index is 12.5. The van der Waals surface area contributed by atoms with Crippen LogP contribution in [-0.2, 0) is 0 Å². The lowest BCUT2D eigenvalue weighted by Gasteiger charge is -2.09. The van der Waals surface area contributed by atoms with E-state index in [9.17, 15) is 4.79 Å². The van der Waals surface area contributed by atoms with Gasteiger partial charge in [-0.2, -0.15) is 0 Å². The van der Waals surface area contributed by atoms with Gasteiger partial charge >= 0.3 is 0 Å². The minimum atomic E-state index is -0.141. The van der Waals surface area contributed by atoms with E-state index in [0.717, 1.165) is 0 Å². The number of nitrogens with zero attached hydrogens (tertiary/aromatic N) is 1. The van der Waals surface area contributed by atoms with Gasteiger partial charge in [-0.05, 0) is 6.07 Å². The van der Waals surface area contributed by atoms with Gasteiger partial charge in [0.25, 0.3) is 0 Å². The lowest BCUT2D eigenvalue weighted by molar-refractivity contribution is 0.103. The Morgan fingerprint density at radius 1 is 1.10 bits per heavy atom. The van der Waals surface area contributed by atoms with Gasteiger partial charge in [0.2, 0.25) is 0 Å². The highest BCUT2D eigenvalue weighted by Crippen LogP contribution is 2.31. The van der Waals surface area contributed by atoms with E-state index in [1.807, 2.05) is 36.4 Å². The van der Waals surface area contributed by atoms with E-state index in [1.165, 1.54) is 6.20 Å². The Morgan fingerprint density at radius 3 is 2.57 bits per heavy atom. The van der Waals surface area contributed by atoms with Crippen molar-refractivity contribution in [2.24, 2.45) is 0 Å². The van der Waals surface area contributed by atoms with Crippen molar-refractivity contribution in [3.8, 4) is 5.75 Å². The van der Waals surface area contributed by atoms with Crippen molar-refractivity contribution in [1.82, 2.24) is 4.98 Å². The van der Waals surface area contributed by atoms with E-state index in [2.05, 4.69) is 4.98 Å². The molecule has 0 aliphatic heterocycles. The molecular formula is C17H12ClNO2. The highest BCUT2D eigenvalue weighted by atomic mass is 35.5. The molecule has 4 heteroatoms. The van der Waals surface area contributed by atoms with Crippen LogP contribution in [0.3, 0.4) is 0 Å². The molecule has 0 radical (unpaired) electrons. The first kappa shape index (κ1) is 13.6. The van der Waals surface area contributed by atoms with E-state index in [4.69, 9.17) is 16.3 Å². The fourth-order valence-corrected chi connectivity index (χ4v) is 2.52. The summed E-state index contributed by atoms with van der Waals surface area (Å²) in [7, 11) is 1.58. The number of fused-ring (bicyclic) bond motifs is 1. The van der Waals surface area contributed by atoms with Crippen molar-refractivity contribution >= 4 is 28.3 Å². The van der Waals surface area contributed by atoms with Gasteiger partial charge in [-0.1, -0.05) is 54.1 Å². The second-order valence-electron chi connectivity index (χ2n) is 4.54. The number of rotatable bonds is 3. The Balaban J connectivity index is 2.17. The van der Waals surface area contributed by atoms with E-state index >= 15 is 0 Å². The highest BCUT2D eigenvalue weighted by Gasteiger charge is 2.16. The summed E-state index contributed by atoms with van der Waals surface area (Å²) in [4.78, 5) is 16.8. The first-order valence-corrected chi connectivity index (χ1v) is 6.81. The smallest absolute Gasteiger partial charge is 0.196 e. The van der Waals surface area contributed by atoms with Crippen molar-refractivity contribution in [1.29, 1.82) is 0 Å². The third-order valence-electron chi connectivity index (χ3n) is 3.30. The summed E-state index contributed by atoms with van der Waals surface area (Å²) in [6.45, 7) is 0. The van der Waals surface area contributed by atoms with E-state index < -0.39 is 0 Å². The third-order valence-corrected chi connectivity index (χ3v) is 3.70. The van der Waals surface area contributed by atoms with Crippen molar-refractivity contribution in [2.45, 2.75) is 0 Å². The Bertz CT molecular complexity index is 816. The van der Waals surface area contributed by atoms with Gasteiger partial charge in [-0.3, -0.25) is 9.78 Å². The molecular weight excluding hydrogens is 286 g/mol. The van der Waals surface area contributed by atoms with Gasteiger partial charge < -0.3 is 4.74 Å². The van der Waals surface area contributed by atoms with Crippen LogP contribution in [0, 0.1) is 0 Å². The highest BCUT2D eigenvalue weighted by molar-refractivity contribution is 6.39. The topological polar surface area (TPSA) is 39.2 Å². The van der Waals surface area contributed by atoms with Crippen molar-refractivity contribution in [3.63, 3.8) is 0 Å². The minimum absolute atomic E-state index is 0.141. The van der Waals surface area contributed by atoms with Gasteiger partial charge in [-0.25, -0.2) is 0 Å². The standard InChI is InChI=1S/C17H12ClNO2/c1-21-14-9-5-8-12-15(18)13(10-19-16(12)14)17(20)11-6-3-2-4-7-11/h2-10H,1H3. The Labute approximate surface area is 127 Å². The summed E-state index contributed by atoms with van der Waals surface area (Å²) in [5.41, 5.74) is 1.63. The summed E-state index contributed by atoms with van der Waals surface area (Å²) >= 11 is 6.40. The molecule has 0 amide bonds. The van der Waals surface area contributed by atoms with Gasteiger partial charge in [0, 0.05) is 17.1 Å². The molecule has 0 unspecified atom stereocenters. The second kappa shape index (κ2) is 5.54. The fourth-order valence-electron chi connectivity index (χ4n) is 2.23. The van der Waals surface area contributed by atoms with Crippen LogP contribution >= 0.6 is 11.6 Å². The van der Waals surface area contributed by atoms with Gasteiger partial charge in [-0.15, -0.1) is 0 Å². The summed E-state index contributed by atoms with van der Waals surface area (Å²) < 4.78 is 5.26. The Morgan fingerprint density at radius 2 is 1.86 bits per heavy atom. The molecule has 0 aliphatic carbocycles. The number of hydrogen-bond donors (Lipinski definition) is 0. The fraction of sp³-hybridized carbons (Fsp3) is 0.0588. The molecule has 3 aromatic rings. The maximum Gasteiger partial charge on any atom is 0.196 e. The van der Waals surface area contributed by atoms with Crippen molar-refractivity contribution < 1.29 is 9.53 Å². The van der Waals surface area contributed by atoms with Crippen LogP contribution in [0.5, 0.6) is 5.75 Å². The first-order chi connectivity index (χ1) is 10.2. The average molecular weight is 298 g/mol.